The summed E-state index contributed by atoms with van der Waals surface area (Å²) in [6.45, 7) is 6.06. The first-order valence-electron chi connectivity index (χ1n) is 8.72. The minimum Gasteiger partial charge on any atom is -0.479 e. The Bertz CT molecular complexity index is 1050. The highest BCUT2D eigenvalue weighted by atomic mass is 35.5. The number of halogens is 1. The van der Waals surface area contributed by atoms with E-state index in [9.17, 15) is 4.79 Å². The maximum Gasteiger partial charge on any atom is 0.187 e. The van der Waals surface area contributed by atoms with Crippen molar-refractivity contribution in [1.82, 2.24) is 9.97 Å². The predicted octanol–water partition coefficient (Wildman–Crippen LogP) is 3.75. The molecule has 2 aromatic heterocycles. The summed E-state index contributed by atoms with van der Waals surface area (Å²) in [6, 6.07) is 5.17. The molecule has 6 nitrogen and oxygen atoms in total. The van der Waals surface area contributed by atoms with Gasteiger partial charge < -0.3 is 10.5 Å². The number of aromatic nitrogens is 2. The summed E-state index contributed by atoms with van der Waals surface area (Å²) in [4.78, 5) is 26.8. The maximum atomic E-state index is 12.7. The van der Waals surface area contributed by atoms with E-state index in [1.807, 2.05) is 13.0 Å². The molecule has 29 heavy (non-hydrogen) atoms. The van der Waals surface area contributed by atoms with Crippen molar-refractivity contribution >= 4 is 34.3 Å². The average molecular weight is 427 g/mol. The van der Waals surface area contributed by atoms with Crippen LogP contribution < -0.4 is 10.5 Å². The third-order valence-corrected chi connectivity index (χ3v) is 5.31. The zero-order chi connectivity index (χ0) is 21.0. The highest BCUT2D eigenvalue weighted by molar-refractivity contribution is 8.17. The first-order valence-corrected chi connectivity index (χ1v) is 9.91. The molecule has 2 N–H and O–H groups in total. The van der Waals surface area contributed by atoms with Crippen LogP contribution >= 0.6 is 23.4 Å². The molecular formula is C21H19ClN4O2S. The van der Waals surface area contributed by atoms with Gasteiger partial charge in [-0.25, -0.2) is 9.98 Å². The second-order valence-electron chi connectivity index (χ2n) is 6.68. The topological polar surface area (TPSA) is 90.5 Å². The molecule has 0 saturated carbocycles. The van der Waals surface area contributed by atoms with Gasteiger partial charge in [-0.1, -0.05) is 35.9 Å². The van der Waals surface area contributed by atoms with E-state index in [1.54, 1.807) is 12.3 Å². The molecule has 0 saturated heterocycles. The van der Waals surface area contributed by atoms with Crippen LogP contribution in [0.5, 0.6) is 5.75 Å². The summed E-state index contributed by atoms with van der Waals surface area (Å²) in [6.07, 6.45) is 8.99. The third kappa shape index (κ3) is 4.97. The number of carbonyl (C=O) groups excluding carboxylic acids is 1. The van der Waals surface area contributed by atoms with Crippen LogP contribution in [0.2, 0.25) is 5.02 Å². The molecule has 0 amide bonds. The van der Waals surface area contributed by atoms with Crippen LogP contribution in [0.25, 0.3) is 0 Å². The smallest absolute Gasteiger partial charge is 0.187 e. The fourth-order valence-electron chi connectivity index (χ4n) is 3.00. The number of rotatable bonds is 6. The Morgan fingerprint density at radius 2 is 2.28 bits per heavy atom. The zero-order valence-electron chi connectivity index (χ0n) is 15.8. The monoisotopic (exact) mass is 426 g/mol. The van der Waals surface area contributed by atoms with Crippen molar-refractivity contribution in [2.45, 2.75) is 25.3 Å². The first kappa shape index (κ1) is 20.9. The van der Waals surface area contributed by atoms with Crippen molar-refractivity contribution in [3.8, 4) is 18.1 Å². The molecule has 1 aliphatic heterocycles. The summed E-state index contributed by atoms with van der Waals surface area (Å²) in [5, 5.41) is 0.666. The number of terminal acetylenes is 1. The Morgan fingerprint density at radius 3 is 2.97 bits per heavy atom. The highest BCUT2D eigenvalue weighted by Crippen LogP contribution is 2.39. The minimum absolute atomic E-state index is 0.0990. The van der Waals surface area contributed by atoms with Crippen molar-refractivity contribution in [3.63, 3.8) is 0 Å². The van der Waals surface area contributed by atoms with Gasteiger partial charge in [-0.05, 0) is 29.5 Å². The molecule has 0 aliphatic carbocycles. The zero-order valence-corrected chi connectivity index (χ0v) is 17.4. The Labute approximate surface area is 178 Å². The second kappa shape index (κ2) is 8.68. The number of nitrogens with two attached hydrogens (primary N) is 1. The van der Waals surface area contributed by atoms with Crippen molar-refractivity contribution in [2.24, 2.45) is 10.7 Å². The summed E-state index contributed by atoms with van der Waals surface area (Å²) >= 11 is 7.57. The van der Waals surface area contributed by atoms with Crippen LogP contribution in [0.3, 0.4) is 0 Å². The van der Waals surface area contributed by atoms with E-state index in [2.05, 4.69) is 27.5 Å². The first-order chi connectivity index (χ1) is 13.8. The lowest BCUT2D eigenvalue weighted by Crippen LogP contribution is -2.28. The number of thioether (sulfide) groups is 1. The summed E-state index contributed by atoms with van der Waals surface area (Å²) in [5.74, 6) is 2.55. The fraction of sp³-hybridized carbons (Fsp3) is 0.238. The van der Waals surface area contributed by atoms with Gasteiger partial charge in [0.25, 0.3) is 0 Å². The molecule has 0 bridgehead atoms. The van der Waals surface area contributed by atoms with Crippen molar-refractivity contribution < 1.29 is 9.53 Å². The van der Waals surface area contributed by atoms with Crippen molar-refractivity contribution in [2.75, 3.05) is 6.61 Å². The number of aliphatic imine (C=N–C) groups is 1. The normalized spacial score (nSPS) is 18.7. The minimum atomic E-state index is -0.614. The molecule has 0 fully saturated rings. The maximum absolute atomic E-state index is 12.7. The highest BCUT2D eigenvalue weighted by Gasteiger charge is 2.33. The van der Waals surface area contributed by atoms with E-state index in [-0.39, 0.29) is 29.5 Å². The SMILES string of the molecule is C#CCOc1cnc(C(=O)Cc2ccnc([C@]3(C)CC(=C)SC(N)=N3)c2)c(Cl)c1. The lowest BCUT2D eigenvalue weighted by atomic mass is 9.92. The van der Waals surface area contributed by atoms with Gasteiger partial charge in [-0.2, -0.15) is 0 Å². The molecule has 0 aromatic carbocycles. The van der Waals surface area contributed by atoms with Crippen LogP contribution in [0.1, 0.15) is 35.1 Å². The Hall–Kier alpha value is -2.82. The van der Waals surface area contributed by atoms with Gasteiger partial charge in [0.2, 0.25) is 0 Å². The Balaban J connectivity index is 1.80. The Morgan fingerprint density at radius 1 is 1.48 bits per heavy atom. The van der Waals surface area contributed by atoms with E-state index < -0.39 is 5.54 Å². The molecule has 0 radical (unpaired) electrons. The average Bonchev–Trinajstić information content (AvgIpc) is 2.65. The standard InChI is InChI=1S/C21H19ClN4O2S/c1-4-7-28-15-10-16(22)19(25-12-15)17(27)8-14-5-6-24-18(9-14)21(3)11-13(2)29-20(23)26-21/h1,5-6,9-10,12H,2,7-8,11H2,3H3,(H2,23,26)/t21-/m0/s1. The van der Waals surface area contributed by atoms with Crippen LogP contribution in [-0.2, 0) is 12.0 Å². The van der Waals surface area contributed by atoms with Gasteiger partial charge >= 0.3 is 0 Å². The number of nitrogens with zero attached hydrogens (tertiary/aromatic N) is 3. The number of carbonyl (C=O) groups is 1. The molecule has 2 aromatic rings. The van der Waals surface area contributed by atoms with Crippen molar-refractivity contribution in [1.29, 1.82) is 0 Å². The van der Waals surface area contributed by atoms with Gasteiger partial charge in [0.1, 0.15) is 23.6 Å². The van der Waals surface area contributed by atoms with Crippen LogP contribution in [0.15, 0.2) is 47.1 Å². The molecule has 148 valence electrons. The lowest BCUT2D eigenvalue weighted by molar-refractivity contribution is 0.0988. The summed E-state index contributed by atoms with van der Waals surface area (Å²) in [5.41, 5.74) is 6.99. The van der Waals surface area contributed by atoms with Gasteiger partial charge in [-0.15, -0.1) is 6.42 Å². The van der Waals surface area contributed by atoms with Crippen LogP contribution in [-0.4, -0.2) is 27.5 Å². The third-order valence-electron chi connectivity index (χ3n) is 4.29. The quantitative estimate of drug-likeness (QED) is 0.558. The largest absolute Gasteiger partial charge is 0.479 e. The van der Waals surface area contributed by atoms with Gasteiger partial charge in [0.15, 0.2) is 11.0 Å². The number of Topliss-reactive ketones (excluding diaryl/α,β-unsaturated/α-hetero) is 1. The summed E-state index contributed by atoms with van der Waals surface area (Å²) < 4.78 is 5.27. The molecule has 3 rings (SSSR count). The molecule has 3 heterocycles. The number of ether oxygens (including phenoxy) is 1. The number of pyridine rings is 2. The summed E-state index contributed by atoms with van der Waals surface area (Å²) in [7, 11) is 0. The van der Waals surface area contributed by atoms with E-state index >= 15 is 0 Å². The molecule has 1 aliphatic rings. The van der Waals surface area contributed by atoms with E-state index in [1.165, 1.54) is 24.0 Å². The van der Waals surface area contributed by atoms with E-state index in [4.69, 9.17) is 28.5 Å². The molecule has 8 heteroatoms. The van der Waals surface area contributed by atoms with Gasteiger partial charge in [-0.3, -0.25) is 9.78 Å². The molecular weight excluding hydrogens is 408 g/mol. The molecule has 0 spiro atoms. The predicted molar refractivity (Wildman–Crippen MR) is 116 cm³/mol. The fourth-order valence-corrected chi connectivity index (χ4v) is 4.16. The lowest BCUT2D eigenvalue weighted by Gasteiger charge is -2.30. The van der Waals surface area contributed by atoms with Crippen LogP contribution in [0.4, 0.5) is 0 Å². The molecule has 1 atom stereocenters. The second-order valence-corrected chi connectivity index (χ2v) is 8.29. The van der Waals surface area contributed by atoms with Crippen LogP contribution in [0, 0.1) is 12.3 Å². The van der Waals surface area contributed by atoms with Gasteiger partial charge in [0.05, 0.1) is 16.9 Å². The van der Waals surface area contributed by atoms with Gasteiger partial charge in [0, 0.05) is 25.1 Å². The number of amidine groups is 1. The number of hydrogen-bond donors (Lipinski definition) is 1. The van der Waals surface area contributed by atoms with Crippen molar-refractivity contribution in [3.05, 3.63) is 64.1 Å². The van der Waals surface area contributed by atoms with E-state index in [0.717, 1.165) is 16.2 Å². The van der Waals surface area contributed by atoms with E-state index in [0.29, 0.717) is 17.3 Å². The molecule has 0 unspecified atom stereocenters. The number of ketones is 1. The number of hydrogen-bond acceptors (Lipinski definition) is 7. The Kier molecular flexibility index (Phi) is 6.26.